The fraction of sp³-hybridized carbons (Fsp3) is 0.500. The SMILES string of the molecule is CNC(C)Cc1noc(-c2ccc(N3CCCC3)c([N+](=O)[O-])c2)n1.Cl. The molecule has 3 rings (SSSR count). The average molecular weight is 368 g/mol. The highest BCUT2D eigenvalue weighted by Gasteiger charge is 2.24. The summed E-state index contributed by atoms with van der Waals surface area (Å²) in [6.45, 7) is 3.73. The van der Waals surface area contributed by atoms with Gasteiger partial charge in [-0.25, -0.2) is 0 Å². The molecule has 1 aromatic carbocycles. The monoisotopic (exact) mass is 367 g/mol. The van der Waals surface area contributed by atoms with Crippen molar-refractivity contribution in [2.45, 2.75) is 32.2 Å². The van der Waals surface area contributed by atoms with Crippen molar-refractivity contribution in [3.05, 3.63) is 34.1 Å². The van der Waals surface area contributed by atoms with Gasteiger partial charge >= 0.3 is 0 Å². The summed E-state index contributed by atoms with van der Waals surface area (Å²) in [5.41, 5.74) is 1.31. The number of benzene rings is 1. The Hall–Kier alpha value is -2.19. The second-order valence-electron chi connectivity index (χ2n) is 6.06. The van der Waals surface area contributed by atoms with Gasteiger partial charge in [0, 0.05) is 37.2 Å². The van der Waals surface area contributed by atoms with Gasteiger partial charge in [-0.15, -0.1) is 12.4 Å². The molecule has 1 fully saturated rings. The third kappa shape index (κ3) is 4.26. The van der Waals surface area contributed by atoms with E-state index in [1.165, 1.54) is 6.07 Å². The number of anilines is 1. The minimum absolute atomic E-state index is 0. The Balaban J connectivity index is 0.00000225. The Morgan fingerprint density at radius 3 is 2.76 bits per heavy atom. The first-order valence-electron chi connectivity index (χ1n) is 8.12. The van der Waals surface area contributed by atoms with Crippen molar-refractivity contribution in [1.82, 2.24) is 15.5 Å². The van der Waals surface area contributed by atoms with E-state index in [0.29, 0.717) is 29.4 Å². The lowest BCUT2D eigenvalue weighted by Gasteiger charge is -2.17. The minimum Gasteiger partial charge on any atom is -0.366 e. The van der Waals surface area contributed by atoms with Gasteiger partial charge in [0.15, 0.2) is 5.82 Å². The Kier molecular flexibility index (Phi) is 6.33. The molecule has 1 aromatic heterocycles. The maximum absolute atomic E-state index is 11.5. The van der Waals surface area contributed by atoms with E-state index >= 15 is 0 Å². The highest BCUT2D eigenvalue weighted by atomic mass is 35.5. The summed E-state index contributed by atoms with van der Waals surface area (Å²) in [6, 6.07) is 5.33. The zero-order valence-corrected chi connectivity index (χ0v) is 15.1. The summed E-state index contributed by atoms with van der Waals surface area (Å²) in [5.74, 6) is 0.891. The molecule has 0 aliphatic carbocycles. The van der Waals surface area contributed by atoms with Gasteiger partial charge in [-0.05, 0) is 38.9 Å². The average Bonchev–Trinajstić information content (AvgIpc) is 3.26. The van der Waals surface area contributed by atoms with E-state index in [2.05, 4.69) is 20.4 Å². The Morgan fingerprint density at radius 2 is 2.12 bits per heavy atom. The smallest absolute Gasteiger partial charge is 0.293 e. The highest BCUT2D eigenvalue weighted by Crippen LogP contribution is 2.34. The van der Waals surface area contributed by atoms with Gasteiger partial charge in [-0.3, -0.25) is 10.1 Å². The number of hydrogen-bond donors (Lipinski definition) is 1. The molecule has 0 spiro atoms. The number of likely N-dealkylation sites (N-methyl/N-ethyl adjacent to an activating group) is 1. The van der Waals surface area contributed by atoms with E-state index in [4.69, 9.17) is 4.52 Å². The van der Waals surface area contributed by atoms with Crippen molar-refractivity contribution in [2.75, 3.05) is 25.0 Å². The van der Waals surface area contributed by atoms with Crippen molar-refractivity contribution in [1.29, 1.82) is 0 Å². The predicted molar refractivity (Wildman–Crippen MR) is 97.3 cm³/mol. The van der Waals surface area contributed by atoms with Gasteiger partial charge in [0.1, 0.15) is 5.69 Å². The Labute approximate surface area is 152 Å². The third-order valence-electron chi connectivity index (χ3n) is 4.32. The van der Waals surface area contributed by atoms with Crippen LogP contribution in [-0.2, 0) is 6.42 Å². The Morgan fingerprint density at radius 1 is 1.40 bits per heavy atom. The second kappa shape index (κ2) is 8.26. The van der Waals surface area contributed by atoms with E-state index in [-0.39, 0.29) is 29.1 Å². The van der Waals surface area contributed by atoms with Crippen LogP contribution in [0.5, 0.6) is 0 Å². The lowest BCUT2D eigenvalue weighted by Crippen LogP contribution is -2.24. The molecule has 8 nitrogen and oxygen atoms in total. The summed E-state index contributed by atoms with van der Waals surface area (Å²) in [4.78, 5) is 17.5. The molecule has 0 bridgehead atoms. The molecule has 2 aromatic rings. The van der Waals surface area contributed by atoms with Crippen molar-refractivity contribution < 1.29 is 9.45 Å². The van der Waals surface area contributed by atoms with E-state index in [0.717, 1.165) is 25.9 Å². The van der Waals surface area contributed by atoms with Gasteiger partial charge in [0.05, 0.1) is 4.92 Å². The normalized spacial score (nSPS) is 15.0. The van der Waals surface area contributed by atoms with E-state index in [1.807, 2.05) is 14.0 Å². The number of nitrogens with zero attached hydrogens (tertiary/aromatic N) is 4. The van der Waals surface area contributed by atoms with Gasteiger partial charge in [-0.1, -0.05) is 5.16 Å². The van der Waals surface area contributed by atoms with Gasteiger partial charge in [0.25, 0.3) is 11.6 Å². The van der Waals surface area contributed by atoms with Crippen molar-refractivity contribution in [3.63, 3.8) is 0 Å². The maximum Gasteiger partial charge on any atom is 0.293 e. The summed E-state index contributed by atoms with van der Waals surface area (Å²) < 4.78 is 5.27. The van der Waals surface area contributed by atoms with Crippen molar-refractivity contribution in [3.8, 4) is 11.5 Å². The molecular weight excluding hydrogens is 346 g/mol. The van der Waals surface area contributed by atoms with Crippen LogP contribution in [0.1, 0.15) is 25.6 Å². The van der Waals surface area contributed by atoms with Crippen LogP contribution in [0.4, 0.5) is 11.4 Å². The second-order valence-corrected chi connectivity index (χ2v) is 6.06. The van der Waals surface area contributed by atoms with E-state index < -0.39 is 0 Å². The van der Waals surface area contributed by atoms with Crippen LogP contribution >= 0.6 is 12.4 Å². The fourth-order valence-corrected chi connectivity index (χ4v) is 2.86. The largest absolute Gasteiger partial charge is 0.366 e. The maximum atomic E-state index is 11.5. The summed E-state index contributed by atoms with van der Waals surface area (Å²) in [7, 11) is 1.87. The van der Waals surface area contributed by atoms with Crippen LogP contribution < -0.4 is 10.2 Å². The number of nitro groups is 1. The lowest BCUT2D eigenvalue weighted by molar-refractivity contribution is -0.384. The molecule has 1 saturated heterocycles. The van der Waals surface area contributed by atoms with E-state index in [1.54, 1.807) is 12.1 Å². The third-order valence-corrected chi connectivity index (χ3v) is 4.32. The first-order valence-corrected chi connectivity index (χ1v) is 8.12. The molecule has 1 N–H and O–H groups in total. The molecule has 0 saturated carbocycles. The van der Waals surface area contributed by atoms with Crippen LogP contribution in [-0.4, -0.2) is 41.2 Å². The molecule has 1 atom stereocenters. The zero-order valence-electron chi connectivity index (χ0n) is 14.3. The number of nitro benzene ring substituents is 1. The molecule has 1 unspecified atom stereocenters. The van der Waals surface area contributed by atoms with Crippen molar-refractivity contribution in [2.24, 2.45) is 0 Å². The van der Waals surface area contributed by atoms with Crippen LogP contribution in [0.2, 0.25) is 0 Å². The summed E-state index contributed by atoms with van der Waals surface area (Å²) >= 11 is 0. The fourth-order valence-electron chi connectivity index (χ4n) is 2.86. The minimum atomic E-state index is -0.350. The summed E-state index contributed by atoms with van der Waals surface area (Å²) in [5, 5.41) is 18.5. The molecule has 0 radical (unpaired) electrons. The topological polar surface area (TPSA) is 97.3 Å². The van der Waals surface area contributed by atoms with Crippen LogP contribution in [0.25, 0.3) is 11.5 Å². The lowest BCUT2D eigenvalue weighted by atomic mass is 10.1. The highest BCUT2D eigenvalue weighted by molar-refractivity contribution is 5.85. The predicted octanol–water partition coefficient (Wildman–Crippen LogP) is 2.82. The molecule has 9 heteroatoms. The van der Waals surface area contributed by atoms with Gasteiger partial charge in [-0.2, -0.15) is 4.98 Å². The van der Waals surface area contributed by atoms with Gasteiger partial charge in [0.2, 0.25) is 0 Å². The zero-order chi connectivity index (χ0) is 17.1. The number of halogens is 1. The van der Waals surface area contributed by atoms with Crippen LogP contribution in [0.3, 0.4) is 0 Å². The number of nitrogens with one attached hydrogen (secondary N) is 1. The van der Waals surface area contributed by atoms with Crippen molar-refractivity contribution >= 4 is 23.8 Å². The molecular formula is C16H22ClN5O3. The molecule has 25 heavy (non-hydrogen) atoms. The molecule has 1 aliphatic rings. The quantitative estimate of drug-likeness (QED) is 0.619. The first kappa shape index (κ1) is 19.1. The Bertz CT molecular complexity index is 730. The number of aromatic nitrogens is 2. The molecule has 1 aliphatic heterocycles. The van der Waals surface area contributed by atoms with Gasteiger partial charge < -0.3 is 14.7 Å². The molecule has 2 heterocycles. The summed E-state index contributed by atoms with van der Waals surface area (Å²) in [6.07, 6.45) is 2.76. The standard InChI is InChI=1S/C16H21N5O3.ClH/c1-11(17-2)9-15-18-16(24-19-15)12-5-6-13(14(10-12)21(22)23)20-7-3-4-8-20;/h5-6,10-11,17H,3-4,7-9H2,1-2H3;1H. The van der Waals surface area contributed by atoms with Crippen LogP contribution in [0, 0.1) is 10.1 Å². The number of hydrogen-bond acceptors (Lipinski definition) is 7. The first-order chi connectivity index (χ1) is 11.6. The van der Waals surface area contributed by atoms with E-state index in [9.17, 15) is 10.1 Å². The van der Waals surface area contributed by atoms with Crippen LogP contribution in [0.15, 0.2) is 22.7 Å². The number of rotatable bonds is 6. The molecule has 136 valence electrons. The molecule has 0 amide bonds.